The van der Waals surface area contributed by atoms with E-state index >= 15 is 0 Å². The Morgan fingerprint density at radius 3 is 2.94 bits per heavy atom. The molecule has 0 N–H and O–H groups in total. The summed E-state index contributed by atoms with van der Waals surface area (Å²) in [5.41, 5.74) is 2.70. The Hall–Kier alpha value is -3.26. The Morgan fingerprint density at radius 2 is 2.13 bits per heavy atom. The number of halogens is 1. The number of fused-ring (bicyclic) bond motifs is 3. The van der Waals surface area contributed by atoms with Gasteiger partial charge in [0.1, 0.15) is 11.9 Å². The second kappa shape index (κ2) is 7.77. The fraction of sp³-hybridized carbons (Fsp3) is 0.348. The van der Waals surface area contributed by atoms with Crippen LogP contribution in [0.1, 0.15) is 23.7 Å². The van der Waals surface area contributed by atoms with Gasteiger partial charge < -0.3 is 14.4 Å². The molecule has 0 spiro atoms. The lowest BCUT2D eigenvalue weighted by molar-refractivity contribution is 0.00172. The quantitative estimate of drug-likeness (QED) is 0.647. The molecule has 3 heterocycles. The fourth-order valence-corrected chi connectivity index (χ4v) is 4.58. The molecule has 1 saturated heterocycles. The minimum atomic E-state index is -0.505. The summed E-state index contributed by atoms with van der Waals surface area (Å²) in [6.45, 7) is 1.12. The first-order valence-electron chi connectivity index (χ1n) is 10.3. The summed E-state index contributed by atoms with van der Waals surface area (Å²) >= 11 is 0. The molecule has 5 rings (SSSR count). The zero-order valence-electron chi connectivity index (χ0n) is 17.4. The van der Waals surface area contributed by atoms with Crippen molar-refractivity contribution < 1.29 is 13.9 Å². The lowest BCUT2D eigenvalue weighted by atomic mass is 9.84. The van der Waals surface area contributed by atoms with Crippen LogP contribution in [0.25, 0.3) is 11.3 Å². The number of benzene rings is 1. The molecule has 3 aromatic rings. The van der Waals surface area contributed by atoms with Gasteiger partial charge in [0.2, 0.25) is 5.95 Å². The molecule has 7 nitrogen and oxygen atoms in total. The maximum Gasteiger partial charge on any atom is 0.255 e. The first-order valence-corrected chi connectivity index (χ1v) is 10.3. The predicted molar refractivity (Wildman–Crippen MR) is 114 cm³/mol. The van der Waals surface area contributed by atoms with Crippen LogP contribution in [0.2, 0.25) is 0 Å². The highest BCUT2D eigenvalue weighted by Crippen LogP contribution is 2.40. The van der Waals surface area contributed by atoms with Gasteiger partial charge in [-0.1, -0.05) is 6.07 Å². The minimum absolute atomic E-state index is 0.0327. The van der Waals surface area contributed by atoms with Gasteiger partial charge in [-0.25, -0.2) is 9.37 Å². The normalized spacial score (nSPS) is 20.2. The smallest absolute Gasteiger partial charge is 0.255 e. The molecule has 1 aliphatic carbocycles. The Bertz CT molecular complexity index is 1200. The Balaban J connectivity index is 1.56. The van der Waals surface area contributed by atoms with Crippen molar-refractivity contribution in [3.05, 3.63) is 70.0 Å². The fourth-order valence-electron chi connectivity index (χ4n) is 4.58. The summed E-state index contributed by atoms with van der Waals surface area (Å²) < 4.78 is 27.4. The van der Waals surface area contributed by atoms with Gasteiger partial charge in [0.25, 0.3) is 5.56 Å². The number of nitrogens with zero attached hydrogens (tertiary/aromatic N) is 4. The van der Waals surface area contributed by atoms with E-state index in [-0.39, 0.29) is 23.3 Å². The molecule has 1 unspecified atom stereocenters. The van der Waals surface area contributed by atoms with E-state index in [9.17, 15) is 9.18 Å². The van der Waals surface area contributed by atoms with E-state index in [2.05, 4.69) is 22.0 Å². The van der Waals surface area contributed by atoms with Crippen LogP contribution in [-0.2, 0) is 18.2 Å². The number of rotatable bonds is 3. The second-order valence-electron chi connectivity index (χ2n) is 7.85. The topological polar surface area (TPSA) is 69.5 Å². The largest absolute Gasteiger partial charge is 0.497 e. The zero-order valence-corrected chi connectivity index (χ0v) is 17.4. The highest BCUT2D eigenvalue weighted by molar-refractivity contribution is 5.60. The van der Waals surface area contributed by atoms with E-state index in [1.54, 1.807) is 14.2 Å². The number of anilines is 1. The van der Waals surface area contributed by atoms with Gasteiger partial charge in [-0.05, 0) is 42.2 Å². The third-order valence-electron chi connectivity index (χ3n) is 6.16. The van der Waals surface area contributed by atoms with Crippen LogP contribution in [-0.4, -0.2) is 40.8 Å². The molecule has 160 valence electrons. The molecule has 31 heavy (non-hydrogen) atoms. The molecule has 2 atom stereocenters. The van der Waals surface area contributed by atoms with Crippen LogP contribution < -0.4 is 15.2 Å². The number of aryl methyl sites for hydroxylation is 1. The number of morpholine rings is 1. The van der Waals surface area contributed by atoms with E-state index in [0.29, 0.717) is 24.8 Å². The van der Waals surface area contributed by atoms with Crippen molar-refractivity contribution in [3.63, 3.8) is 0 Å². The molecular formula is C23H23FN4O3. The third-order valence-corrected chi connectivity index (χ3v) is 6.16. The monoisotopic (exact) mass is 422 g/mol. The van der Waals surface area contributed by atoms with E-state index in [4.69, 9.17) is 14.5 Å². The molecule has 8 heteroatoms. The third kappa shape index (κ3) is 3.37. The summed E-state index contributed by atoms with van der Waals surface area (Å²) in [4.78, 5) is 23.4. The van der Waals surface area contributed by atoms with Crippen LogP contribution in [0.4, 0.5) is 10.3 Å². The standard InChI is InChI=1S/C23H23FN4O3/c1-27-21(29)12-19(17-7-8-25-13-18(17)24)26-23(27)28-9-10-31-22-16-5-4-15(30-2)11-14(16)3-6-20(22)28/h4-5,7-8,11-13,20,22H,3,6,9-10H2,1-2H3/t20-,22?/m0/s1. The summed E-state index contributed by atoms with van der Waals surface area (Å²) in [5.74, 6) is 0.851. The number of hydrogen-bond acceptors (Lipinski definition) is 6. The van der Waals surface area contributed by atoms with Crippen LogP contribution in [0.3, 0.4) is 0 Å². The van der Waals surface area contributed by atoms with Gasteiger partial charge in [0, 0.05) is 31.4 Å². The molecule has 0 amide bonds. The highest BCUT2D eigenvalue weighted by atomic mass is 19.1. The minimum Gasteiger partial charge on any atom is -0.497 e. The molecule has 0 bridgehead atoms. The van der Waals surface area contributed by atoms with E-state index in [1.165, 1.54) is 28.5 Å². The lowest BCUT2D eigenvalue weighted by Crippen LogP contribution is -2.51. The number of hydrogen-bond donors (Lipinski definition) is 0. The molecule has 0 saturated carbocycles. The van der Waals surface area contributed by atoms with Gasteiger partial charge in [0.05, 0.1) is 31.6 Å². The first kappa shape index (κ1) is 19.7. The molecule has 1 fully saturated rings. The van der Waals surface area contributed by atoms with Crippen molar-refractivity contribution in [2.24, 2.45) is 7.05 Å². The predicted octanol–water partition coefficient (Wildman–Crippen LogP) is 2.88. The van der Waals surface area contributed by atoms with Crippen molar-refractivity contribution in [3.8, 4) is 17.0 Å². The highest BCUT2D eigenvalue weighted by Gasteiger charge is 2.39. The van der Waals surface area contributed by atoms with Gasteiger partial charge in [-0.3, -0.25) is 14.3 Å². The molecule has 1 aromatic carbocycles. The maximum absolute atomic E-state index is 14.3. The Kier molecular flexibility index (Phi) is 4.94. The lowest BCUT2D eigenvalue weighted by Gasteiger charge is -2.45. The van der Waals surface area contributed by atoms with Crippen LogP contribution in [0, 0.1) is 5.82 Å². The molecular weight excluding hydrogens is 399 g/mol. The Morgan fingerprint density at radius 1 is 1.26 bits per heavy atom. The summed E-state index contributed by atoms with van der Waals surface area (Å²) in [6.07, 6.45) is 4.23. The van der Waals surface area contributed by atoms with Gasteiger partial charge in [0.15, 0.2) is 5.82 Å². The molecule has 2 aliphatic rings. The summed E-state index contributed by atoms with van der Waals surface area (Å²) in [7, 11) is 3.36. The number of methoxy groups -OCH3 is 1. The van der Waals surface area contributed by atoms with E-state index < -0.39 is 5.82 Å². The maximum atomic E-state index is 14.3. The average Bonchev–Trinajstić information content (AvgIpc) is 2.80. The molecule has 1 aliphatic heterocycles. The van der Waals surface area contributed by atoms with Crippen molar-refractivity contribution in [1.29, 1.82) is 0 Å². The Labute approximate surface area is 179 Å². The van der Waals surface area contributed by atoms with E-state index in [0.717, 1.165) is 30.4 Å². The van der Waals surface area contributed by atoms with Crippen LogP contribution in [0.15, 0.2) is 47.5 Å². The van der Waals surface area contributed by atoms with Gasteiger partial charge in [-0.2, -0.15) is 0 Å². The average molecular weight is 422 g/mol. The number of pyridine rings is 1. The van der Waals surface area contributed by atoms with Gasteiger partial charge >= 0.3 is 0 Å². The number of ether oxygens (including phenoxy) is 2. The van der Waals surface area contributed by atoms with Crippen molar-refractivity contribution in [2.45, 2.75) is 25.0 Å². The van der Waals surface area contributed by atoms with Gasteiger partial charge in [-0.15, -0.1) is 0 Å². The number of aromatic nitrogens is 3. The molecule has 2 aromatic heterocycles. The first-order chi connectivity index (χ1) is 15.1. The second-order valence-corrected chi connectivity index (χ2v) is 7.85. The van der Waals surface area contributed by atoms with Crippen molar-refractivity contribution in [2.75, 3.05) is 25.2 Å². The molecule has 0 radical (unpaired) electrons. The van der Waals surface area contributed by atoms with Crippen molar-refractivity contribution in [1.82, 2.24) is 14.5 Å². The SMILES string of the molecule is COc1ccc2c(c1)CC[C@H]1C2OCCN1c1nc(-c2ccncc2F)cc(=O)n1C. The summed E-state index contributed by atoms with van der Waals surface area (Å²) in [5, 5.41) is 0. The van der Waals surface area contributed by atoms with Crippen LogP contribution in [0.5, 0.6) is 5.75 Å². The van der Waals surface area contributed by atoms with Crippen molar-refractivity contribution >= 4 is 5.95 Å². The zero-order chi connectivity index (χ0) is 21.5. The van der Waals surface area contributed by atoms with Crippen LogP contribution >= 0.6 is 0 Å². The summed E-state index contributed by atoms with van der Waals surface area (Å²) in [6, 6.07) is 9.00. The van der Waals surface area contributed by atoms with E-state index in [1.807, 2.05) is 6.07 Å².